The molecule has 124 valence electrons. The van der Waals surface area contributed by atoms with Gasteiger partial charge in [0.05, 0.1) is 11.1 Å². The SMILES string of the molecule is CC.CC.CCCCCCCN1C(=O)c2ccccc2C1=O. The summed E-state index contributed by atoms with van der Waals surface area (Å²) in [5.74, 6) is -0.266. The molecular formula is C19H31NO2. The van der Waals surface area contributed by atoms with E-state index < -0.39 is 0 Å². The minimum Gasteiger partial charge on any atom is -0.274 e. The minimum absolute atomic E-state index is 0.133. The molecule has 1 heterocycles. The Hall–Kier alpha value is -1.64. The summed E-state index contributed by atoms with van der Waals surface area (Å²) >= 11 is 0. The van der Waals surface area contributed by atoms with Crippen LogP contribution in [0.5, 0.6) is 0 Å². The van der Waals surface area contributed by atoms with Gasteiger partial charge in [0.1, 0.15) is 0 Å². The molecule has 1 aliphatic rings. The number of nitrogens with zero attached hydrogens (tertiary/aromatic N) is 1. The molecule has 1 aliphatic heterocycles. The molecule has 0 atom stereocenters. The van der Waals surface area contributed by atoms with Gasteiger partial charge in [-0.2, -0.15) is 0 Å². The first-order chi connectivity index (χ1) is 10.8. The summed E-state index contributed by atoms with van der Waals surface area (Å²) in [5.41, 5.74) is 1.10. The van der Waals surface area contributed by atoms with Crippen LogP contribution in [0.2, 0.25) is 0 Å². The molecule has 0 saturated carbocycles. The van der Waals surface area contributed by atoms with Crippen molar-refractivity contribution in [1.82, 2.24) is 4.90 Å². The summed E-state index contributed by atoms with van der Waals surface area (Å²) < 4.78 is 0. The van der Waals surface area contributed by atoms with Gasteiger partial charge < -0.3 is 0 Å². The standard InChI is InChI=1S/C15H19NO2.2C2H6/c1-2-3-4-5-8-11-16-14(17)12-9-6-7-10-13(12)15(16)18;2*1-2/h6-7,9-10H,2-5,8,11H2,1H3;2*1-2H3. The highest BCUT2D eigenvalue weighted by Gasteiger charge is 2.34. The van der Waals surface area contributed by atoms with Crippen LogP contribution < -0.4 is 0 Å². The van der Waals surface area contributed by atoms with Crippen molar-refractivity contribution in [2.45, 2.75) is 66.7 Å². The fourth-order valence-corrected chi connectivity index (χ4v) is 2.32. The van der Waals surface area contributed by atoms with Gasteiger partial charge in [0, 0.05) is 6.54 Å². The second-order valence-corrected chi connectivity index (χ2v) is 4.72. The lowest BCUT2D eigenvalue weighted by molar-refractivity contribution is 0.0651. The van der Waals surface area contributed by atoms with Gasteiger partial charge in [0.15, 0.2) is 0 Å². The van der Waals surface area contributed by atoms with Crippen molar-refractivity contribution in [3.05, 3.63) is 35.4 Å². The molecule has 2 rings (SSSR count). The predicted octanol–water partition coefficient (Wildman–Crippen LogP) is 5.31. The number of hydrogen-bond donors (Lipinski definition) is 0. The first kappa shape index (κ1) is 20.4. The van der Waals surface area contributed by atoms with Crippen LogP contribution in [0.15, 0.2) is 24.3 Å². The van der Waals surface area contributed by atoms with Crippen LogP contribution in [-0.4, -0.2) is 23.3 Å². The highest BCUT2D eigenvalue weighted by molar-refractivity contribution is 6.21. The second kappa shape index (κ2) is 12.0. The van der Waals surface area contributed by atoms with E-state index in [9.17, 15) is 9.59 Å². The topological polar surface area (TPSA) is 37.4 Å². The molecule has 0 aromatic heterocycles. The van der Waals surface area contributed by atoms with Gasteiger partial charge in [-0.1, -0.05) is 72.4 Å². The predicted molar refractivity (Wildman–Crippen MR) is 93.3 cm³/mol. The Morgan fingerprint density at radius 2 is 1.23 bits per heavy atom. The lowest BCUT2D eigenvalue weighted by atomic mass is 10.1. The summed E-state index contributed by atoms with van der Waals surface area (Å²) in [7, 11) is 0. The van der Waals surface area contributed by atoms with Crippen molar-refractivity contribution >= 4 is 11.8 Å². The van der Waals surface area contributed by atoms with Crippen LogP contribution in [-0.2, 0) is 0 Å². The third-order valence-corrected chi connectivity index (χ3v) is 3.36. The normalized spacial score (nSPS) is 12.1. The zero-order valence-corrected chi connectivity index (χ0v) is 14.8. The Kier molecular flexibility index (Phi) is 11.1. The maximum absolute atomic E-state index is 12.0. The van der Waals surface area contributed by atoms with Gasteiger partial charge in [-0.25, -0.2) is 0 Å². The average molecular weight is 305 g/mol. The van der Waals surface area contributed by atoms with Gasteiger partial charge in [0.25, 0.3) is 11.8 Å². The molecular weight excluding hydrogens is 274 g/mol. The van der Waals surface area contributed by atoms with E-state index in [2.05, 4.69) is 6.92 Å². The van der Waals surface area contributed by atoms with Gasteiger partial charge >= 0.3 is 0 Å². The Bertz CT molecular complexity index is 420. The number of amides is 2. The van der Waals surface area contributed by atoms with E-state index in [1.165, 1.54) is 24.2 Å². The molecule has 3 heteroatoms. The number of imide groups is 1. The molecule has 3 nitrogen and oxygen atoms in total. The van der Waals surface area contributed by atoms with Crippen LogP contribution >= 0.6 is 0 Å². The molecule has 0 unspecified atom stereocenters. The molecule has 0 aliphatic carbocycles. The zero-order valence-electron chi connectivity index (χ0n) is 14.8. The summed E-state index contributed by atoms with van der Waals surface area (Å²) in [6.07, 6.45) is 5.60. The van der Waals surface area contributed by atoms with Crippen molar-refractivity contribution < 1.29 is 9.59 Å². The summed E-state index contributed by atoms with van der Waals surface area (Å²) in [6, 6.07) is 7.06. The molecule has 0 N–H and O–H groups in total. The molecule has 0 fully saturated rings. The fraction of sp³-hybridized carbons (Fsp3) is 0.579. The highest BCUT2D eigenvalue weighted by atomic mass is 16.2. The molecule has 22 heavy (non-hydrogen) atoms. The number of carbonyl (C=O) groups excluding carboxylic acids is 2. The monoisotopic (exact) mass is 305 g/mol. The van der Waals surface area contributed by atoms with Gasteiger partial charge in [-0.3, -0.25) is 14.5 Å². The zero-order chi connectivity index (χ0) is 17.0. The molecule has 0 radical (unpaired) electrons. The van der Waals surface area contributed by atoms with E-state index in [4.69, 9.17) is 0 Å². The van der Waals surface area contributed by atoms with Gasteiger partial charge in [-0.05, 0) is 18.6 Å². The number of carbonyl (C=O) groups is 2. The van der Waals surface area contributed by atoms with Crippen LogP contribution in [0.3, 0.4) is 0 Å². The van der Waals surface area contributed by atoms with Crippen LogP contribution in [0.1, 0.15) is 87.4 Å². The summed E-state index contributed by atoms with van der Waals surface area (Å²) in [4.78, 5) is 25.4. The maximum atomic E-state index is 12.0. The highest BCUT2D eigenvalue weighted by Crippen LogP contribution is 2.22. The van der Waals surface area contributed by atoms with Crippen LogP contribution in [0.25, 0.3) is 0 Å². The van der Waals surface area contributed by atoms with Crippen LogP contribution in [0.4, 0.5) is 0 Å². The van der Waals surface area contributed by atoms with Crippen molar-refractivity contribution in [3.63, 3.8) is 0 Å². The Morgan fingerprint density at radius 1 is 0.773 bits per heavy atom. The number of hydrogen-bond acceptors (Lipinski definition) is 2. The summed E-state index contributed by atoms with van der Waals surface area (Å²) in [5, 5.41) is 0. The molecule has 1 aromatic rings. The number of fused-ring (bicyclic) bond motifs is 1. The first-order valence-corrected chi connectivity index (χ1v) is 8.71. The van der Waals surface area contributed by atoms with Crippen molar-refractivity contribution in [3.8, 4) is 0 Å². The van der Waals surface area contributed by atoms with E-state index in [0.29, 0.717) is 17.7 Å². The quantitative estimate of drug-likeness (QED) is 0.528. The van der Waals surface area contributed by atoms with E-state index >= 15 is 0 Å². The van der Waals surface area contributed by atoms with Crippen molar-refractivity contribution in [2.75, 3.05) is 6.54 Å². The average Bonchev–Trinajstić information content (AvgIpc) is 2.83. The molecule has 0 saturated heterocycles. The van der Waals surface area contributed by atoms with E-state index in [0.717, 1.165) is 12.8 Å². The maximum Gasteiger partial charge on any atom is 0.261 e. The van der Waals surface area contributed by atoms with Crippen LogP contribution in [0, 0.1) is 0 Å². The number of unbranched alkanes of at least 4 members (excludes halogenated alkanes) is 4. The van der Waals surface area contributed by atoms with Gasteiger partial charge in [-0.15, -0.1) is 0 Å². The van der Waals surface area contributed by atoms with Crippen molar-refractivity contribution in [2.24, 2.45) is 0 Å². The second-order valence-electron chi connectivity index (χ2n) is 4.72. The smallest absolute Gasteiger partial charge is 0.261 e. The fourth-order valence-electron chi connectivity index (χ4n) is 2.32. The van der Waals surface area contributed by atoms with E-state index in [1.807, 2.05) is 27.7 Å². The van der Waals surface area contributed by atoms with E-state index in [1.54, 1.807) is 24.3 Å². The largest absolute Gasteiger partial charge is 0.274 e. The Balaban J connectivity index is 0.00000102. The lowest BCUT2D eigenvalue weighted by Crippen LogP contribution is -2.30. The summed E-state index contributed by atoms with van der Waals surface area (Å²) in [6.45, 7) is 10.7. The molecule has 1 aromatic carbocycles. The third-order valence-electron chi connectivity index (χ3n) is 3.36. The molecule has 0 spiro atoms. The number of benzene rings is 1. The lowest BCUT2D eigenvalue weighted by Gasteiger charge is -2.13. The Morgan fingerprint density at radius 3 is 1.68 bits per heavy atom. The Labute approximate surface area is 135 Å². The van der Waals surface area contributed by atoms with Gasteiger partial charge in [0.2, 0.25) is 0 Å². The minimum atomic E-state index is -0.133. The van der Waals surface area contributed by atoms with Crippen molar-refractivity contribution in [1.29, 1.82) is 0 Å². The first-order valence-electron chi connectivity index (χ1n) is 8.71. The third kappa shape index (κ3) is 5.28. The molecule has 0 bridgehead atoms. The molecule has 2 amide bonds. The number of rotatable bonds is 6. The van der Waals surface area contributed by atoms with E-state index in [-0.39, 0.29) is 11.8 Å².